The number of hydrogen-bond donors (Lipinski definition) is 2. The molecule has 0 aromatic carbocycles. The van der Waals surface area contributed by atoms with Crippen molar-refractivity contribution in [2.24, 2.45) is 0 Å². The van der Waals surface area contributed by atoms with Crippen LogP contribution in [0.4, 0.5) is 0 Å². The highest BCUT2D eigenvalue weighted by molar-refractivity contribution is 4.95. The largest absolute Gasteiger partial charge is 0.371 e. The zero-order chi connectivity index (χ0) is 8.44. The van der Waals surface area contributed by atoms with E-state index in [4.69, 9.17) is 4.74 Å². The van der Waals surface area contributed by atoms with Gasteiger partial charge in [-0.2, -0.15) is 0 Å². The van der Waals surface area contributed by atoms with Crippen molar-refractivity contribution in [2.75, 3.05) is 26.2 Å². The molecule has 2 unspecified atom stereocenters. The Labute approximate surface area is 73.9 Å². The van der Waals surface area contributed by atoms with Crippen molar-refractivity contribution in [1.82, 2.24) is 10.6 Å². The highest BCUT2D eigenvalue weighted by Gasteiger charge is 2.38. The van der Waals surface area contributed by atoms with Crippen LogP contribution in [0, 0.1) is 0 Å². The van der Waals surface area contributed by atoms with E-state index in [2.05, 4.69) is 17.6 Å². The minimum Gasteiger partial charge on any atom is -0.371 e. The van der Waals surface area contributed by atoms with Crippen LogP contribution in [0.5, 0.6) is 0 Å². The van der Waals surface area contributed by atoms with E-state index in [-0.39, 0.29) is 5.60 Å². The van der Waals surface area contributed by atoms with Crippen molar-refractivity contribution in [1.29, 1.82) is 0 Å². The second-order valence-corrected chi connectivity index (χ2v) is 3.91. The van der Waals surface area contributed by atoms with Gasteiger partial charge in [-0.1, -0.05) is 6.92 Å². The fourth-order valence-corrected chi connectivity index (χ4v) is 1.97. The minimum absolute atomic E-state index is 0.131. The molecule has 3 heteroatoms. The van der Waals surface area contributed by atoms with Crippen molar-refractivity contribution < 1.29 is 4.74 Å². The molecule has 2 aliphatic rings. The molecule has 12 heavy (non-hydrogen) atoms. The van der Waals surface area contributed by atoms with Gasteiger partial charge in [-0.3, -0.25) is 0 Å². The van der Waals surface area contributed by atoms with Crippen LogP contribution in [-0.4, -0.2) is 37.9 Å². The van der Waals surface area contributed by atoms with Gasteiger partial charge in [0.1, 0.15) is 0 Å². The summed E-state index contributed by atoms with van der Waals surface area (Å²) in [4.78, 5) is 0. The summed E-state index contributed by atoms with van der Waals surface area (Å²) in [6.45, 7) is 6.25. The highest BCUT2D eigenvalue weighted by atomic mass is 16.5. The lowest BCUT2D eigenvalue weighted by Gasteiger charge is -2.37. The normalized spacial score (nSPS) is 42.2. The average molecular weight is 170 g/mol. The lowest BCUT2D eigenvalue weighted by atomic mass is 10.00. The van der Waals surface area contributed by atoms with Crippen molar-refractivity contribution in [3.63, 3.8) is 0 Å². The second-order valence-electron chi connectivity index (χ2n) is 3.91. The molecular weight excluding hydrogens is 152 g/mol. The first-order valence-electron chi connectivity index (χ1n) is 4.93. The summed E-state index contributed by atoms with van der Waals surface area (Å²) in [5.41, 5.74) is 0.131. The second kappa shape index (κ2) is 3.32. The molecule has 0 radical (unpaired) electrons. The van der Waals surface area contributed by atoms with E-state index in [9.17, 15) is 0 Å². The molecule has 2 fully saturated rings. The molecule has 2 saturated heterocycles. The smallest absolute Gasteiger partial charge is 0.0942 e. The Bertz CT molecular complexity index is 145. The molecule has 2 N–H and O–H groups in total. The molecular formula is C9H18N2O. The zero-order valence-corrected chi connectivity index (χ0v) is 7.73. The molecule has 0 saturated carbocycles. The Morgan fingerprint density at radius 2 is 2.42 bits per heavy atom. The van der Waals surface area contributed by atoms with Crippen LogP contribution < -0.4 is 10.6 Å². The van der Waals surface area contributed by atoms with Crippen LogP contribution in [0.15, 0.2) is 0 Å². The lowest BCUT2D eigenvalue weighted by Crippen LogP contribution is -2.55. The molecule has 0 bridgehead atoms. The summed E-state index contributed by atoms with van der Waals surface area (Å²) >= 11 is 0. The maximum Gasteiger partial charge on any atom is 0.0942 e. The van der Waals surface area contributed by atoms with E-state index < -0.39 is 0 Å². The summed E-state index contributed by atoms with van der Waals surface area (Å²) in [5.74, 6) is 0. The topological polar surface area (TPSA) is 33.3 Å². The SMILES string of the molecule is CCC1COC2(CCNC2)CN1. The van der Waals surface area contributed by atoms with Gasteiger partial charge in [0.15, 0.2) is 0 Å². The summed E-state index contributed by atoms with van der Waals surface area (Å²) in [5, 5.41) is 6.89. The van der Waals surface area contributed by atoms with Crippen molar-refractivity contribution >= 4 is 0 Å². The number of morpholine rings is 1. The van der Waals surface area contributed by atoms with Gasteiger partial charge in [0.25, 0.3) is 0 Å². The first-order valence-corrected chi connectivity index (χ1v) is 4.93. The summed E-state index contributed by atoms with van der Waals surface area (Å²) in [6.07, 6.45) is 2.33. The van der Waals surface area contributed by atoms with Gasteiger partial charge in [0, 0.05) is 19.1 Å². The standard InChI is InChI=1S/C9H18N2O/c1-2-8-5-12-9(7-11-8)3-4-10-6-9/h8,10-11H,2-7H2,1H3. The quantitative estimate of drug-likeness (QED) is 0.586. The van der Waals surface area contributed by atoms with Crippen molar-refractivity contribution in [2.45, 2.75) is 31.4 Å². The summed E-state index contributed by atoms with van der Waals surface area (Å²) in [7, 11) is 0. The van der Waals surface area contributed by atoms with Crippen molar-refractivity contribution in [3.8, 4) is 0 Å². The van der Waals surface area contributed by atoms with E-state index in [0.29, 0.717) is 6.04 Å². The maximum absolute atomic E-state index is 5.90. The first kappa shape index (κ1) is 8.48. The minimum atomic E-state index is 0.131. The van der Waals surface area contributed by atoms with Crippen LogP contribution in [0.3, 0.4) is 0 Å². The van der Waals surface area contributed by atoms with E-state index in [0.717, 1.165) is 32.7 Å². The molecule has 2 atom stereocenters. The average Bonchev–Trinajstić information content (AvgIpc) is 2.55. The fourth-order valence-electron chi connectivity index (χ4n) is 1.97. The Hall–Kier alpha value is -0.120. The molecule has 0 aliphatic carbocycles. The van der Waals surface area contributed by atoms with Crippen LogP contribution in [-0.2, 0) is 4.74 Å². The molecule has 1 spiro atoms. The predicted molar refractivity (Wildman–Crippen MR) is 48.3 cm³/mol. The number of hydrogen-bond acceptors (Lipinski definition) is 3. The monoisotopic (exact) mass is 170 g/mol. The van der Waals surface area contributed by atoms with Gasteiger partial charge in [0.05, 0.1) is 12.2 Å². The van der Waals surface area contributed by atoms with Crippen LogP contribution in [0.25, 0.3) is 0 Å². The van der Waals surface area contributed by atoms with E-state index in [1.54, 1.807) is 0 Å². The lowest BCUT2D eigenvalue weighted by molar-refractivity contribution is -0.0696. The van der Waals surface area contributed by atoms with E-state index in [1.807, 2.05) is 0 Å². The molecule has 2 aliphatic heterocycles. The zero-order valence-electron chi connectivity index (χ0n) is 7.73. The Kier molecular flexibility index (Phi) is 2.35. The van der Waals surface area contributed by atoms with Gasteiger partial charge >= 0.3 is 0 Å². The van der Waals surface area contributed by atoms with E-state index >= 15 is 0 Å². The van der Waals surface area contributed by atoms with Gasteiger partial charge in [-0.15, -0.1) is 0 Å². The van der Waals surface area contributed by atoms with E-state index in [1.165, 1.54) is 6.42 Å². The summed E-state index contributed by atoms with van der Waals surface area (Å²) in [6, 6.07) is 0.580. The highest BCUT2D eigenvalue weighted by Crippen LogP contribution is 2.22. The fraction of sp³-hybridized carbons (Fsp3) is 1.00. The Morgan fingerprint density at radius 1 is 1.50 bits per heavy atom. The number of nitrogens with one attached hydrogen (secondary N) is 2. The third kappa shape index (κ3) is 1.49. The van der Waals surface area contributed by atoms with Gasteiger partial charge < -0.3 is 15.4 Å². The molecule has 0 aromatic rings. The predicted octanol–water partition coefficient (Wildman–Crippen LogP) is 0.117. The molecule has 2 heterocycles. The van der Waals surface area contributed by atoms with Gasteiger partial charge in [0.2, 0.25) is 0 Å². The molecule has 0 amide bonds. The Balaban J connectivity index is 1.88. The van der Waals surface area contributed by atoms with Crippen LogP contribution >= 0.6 is 0 Å². The molecule has 2 rings (SSSR count). The molecule has 70 valence electrons. The maximum atomic E-state index is 5.90. The van der Waals surface area contributed by atoms with Crippen molar-refractivity contribution in [3.05, 3.63) is 0 Å². The summed E-state index contributed by atoms with van der Waals surface area (Å²) < 4.78 is 5.90. The number of ether oxygens (including phenoxy) is 1. The number of rotatable bonds is 1. The van der Waals surface area contributed by atoms with Crippen LogP contribution in [0.2, 0.25) is 0 Å². The third-order valence-corrected chi connectivity index (χ3v) is 3.00. The van der Waals surface area contributed by atoms with Gasteiger partial charge in [-0.25, -0.2) is 0 Å². The Morgan fingerprint density at radius 3 is 2.92 bits per heavy atom. The molecule has 3 nitrogen and oxygen atoms in total. The van der Waals surface area contributed by atoms with Crippen LogP contribution in [0.1, 0.15) is 19.8 Å². The first-order chi connectivity index (χ1) is 5.85. The van der Waals surface area contributed by atoms with Gasteiger partial charge in [-0.05, 0) is 19.4 Å². The third-order valence-electron chi connectivity index (χ3n) is 3.00. The molecule has 0 aromatic heterocycles.